The molecule has 2 aromatic heterocycles. The Kier molecular flexibility index (Phi) is 3.60. The largest absolute Gasteiger partial charge is 0.460 e. The van der Waals surface area contributed by atoms with Crippen LogP contribution in [0.25, 0.3) is 0 Å². The molecule has 1 unspecified atom stereocenters. The summed E-state index contributed by atoms with van der Waals surface area (Å²) in [6, 6.07) is 3.62. The standard InChI is InChI=1S/C17H20N4O4/c1-10-23-15(24-10)14-9-22-17(20-14)21-11-3-4-12(21)8-13(7-11)25-16-18-5-2-6-19-16/h2,5-6,9-13,15H,3-4,7-8H2,1H3/t10?,11-,12+,13?,15?. The van der Waals surface area contributed by atoms with Crippen LogP contribution in [0.1, 0.15) is 44.6 Å². The Morgan fingerprint density at radius 3 is 2.52 bits per heavy atom. The first-order valence-corrected chi connectivity index (χ1v) is 8.74. The monoisotopic (exact) mass is 344 g/mol. The summed E-state index contributed by atoms with van der Waals surface area (Å²) in [6.07, 6.45) is 8.65. The lowest BCUT2D eigenvalue weighted by Crippen LogP contribution is -2.46. The van der Waals surface area contributed by atoms with Gasteiger partial charge in [0.1, 0.15) is 18.1 Å². The molecule has 0 radical (unpaired) electrons. The van der Waals surface area contributed by atoms with Crippen LogP contribution >= 0.6 is 0 Å². The summed E-state index contributed by atoms with van der Waals surface area (Å²) >= 11 is 0. The number of fused-ring (bicyclic) bond motifs is 2. The molecule has 3 aliphatic heterocycles. The highest BCUT2D eigenvalue weighted by Crippen LogP contribution is 2.41. The van der Waals surface area contributed by atoms with Crippen molar-refractivity contribution in [3.63, 3.8) is 0 Å². The van der Waals surface area contributed by atoms with Gasteiger partial charge in [-0.25, -0.2) is 9.97 Å². The average Bonchev–Trinajstić information content (AvgIpc) is 3.15. The van der Waals surface area contributed by atoms with Crippen LogP contribution in [0.2, 0.25) is 0 Å². The van der Waals surface area contributed by atoms with Crippen molar-refractivity contribution in [3.8, 4) is 6.01 Å². The molecule has 0 amide bonds. The van der Waals surface area contributed by atoms with Gasteiger partial charge in [0.2, 0.25) is 6.29 Å². The van der Waals surface area contributed by atoms with Crippen molar-refractivity contribution >= 4 is 6.01 Å². The number of piperidine rings is 1. The van der Waals surface area contributed by atoms with Gasteiger partial charge in [0.05, 0.1) is 0 Å². The third-order valence-electron chi connectivity index (χ3n) is 5.11. The molecule has 3 fully saturated rings. The van der Waals surface area contributed by atoms with Crippen LogP contribution in [0.4, 0.5) is 6.01 Å². The minimum atomic E-state index is -0.402. The summed E-state index contributed by atoms with van der Waals surface area (Å²) in [5.74, 6) is 0. The first kappa shape index (κ1) is 15.1. The molecule has 0 aromatic carbocycles. The molecule has 0 spiro atoms. The lowest BCUT2D eigenvalue weighted by Gasteiger charge is -2.37. The SMILES string of the molecule is CC1OC(c2coc(N3[C@@H]4CC[C@H]3CC(Oc3ncccn3)C4)n2)O1. The summed E-state index contributed by atoms with van der Waals surface area (Å²) in [7, 11) is 0. The van der Waals surface area contributed by atoms with E-state index in [1.807, 2.05) is 6.92 Å². The maximum absolute atomic E-state index is 5.96. The Labute approximate surface area is 145 Å². The summed E-state index contributed by atoms with van der Waals surface area (Å²) in [4.78, 5) is 15.2. The lowest BCUT2D eigenvalue weighted by atomic mass is 10.0. The third-order valence-corrected chi connectivity index (χ3v) is 5.11. The van der Waals surface area contributed by atoms with Gasteiger partial charge in [-0.15, -0.1) is 0 Å². The van der Waals surface area contributed by atoms with Gasteiger partial charge in [0.25, 0.3) is 6.01 Å². The van der Waals surface area contributed by atoms with E-state index >= 15 is 0 Å². The van der Waals surface area contributed by atoms with Gasteiger partial charge < -0.3 is 23.5 Å². The Morgan fingerprint density at radius 1 is 1.12 bits per heavy atom. The highest BCUT2D eigenvalue weighted by molar-refractivity contribution is 5.36. The number of anilines is 1. The van der Waals surface area contributed by atoms with Crippen LogP contribution < -0.4 is 9.64 Å². The van der Waals surface area contributed by atoms with E-state index in [1.165, 1.54) is 0 Å². The van der Waals surface area contributed by atoms with Gasteiger partial charge in [-0.3, -0.25) is 0 Å². The fourth-order valence-electron chi connectivity index (χ4n) is 4.03. The summed E-state index contributed by atoms with van der Waals surface area (Å²) in [5.41, 5.74) is 0.698. The molecule has 5 rings (SSSR count). The van der Waals surface area contributed by atoms with Crippen LogP contribution in [-0.2, 0) is 9.47 Å². The predicted molar refractivity (Wildman–Crippen MR) is 85.8 cm³/mol. The second-order valence-electron chi connectivity index (χ2n) is 6.76. The fraction of sp³-hybridized carbons (Fsp3) is 0.588. The topological polar surface area (TPSA) is 82.7 Å². The molecule has 3 saturated heterocycles. The van der Waals surface area contributed by atoms with Gasteiger partial charge >= 0.3 is 6.01 Å². The zero-order valence-electron chi connectivity index (χ0n) is 13.9. The van der Waals surface area contributed by atoms with Crippen LogP contribution in [0.15, 0.2) is 29.1 Å². The van der Waals surface area contributed by atoms with E-state index in [-0.39, 0.29) is 12.4 Å². The van der Waals surface area contributed by atoms with Crippen molar-refractivity contribution in [3.05, 3.63) is 30.4 Å². The van der Waals surface area contributed by atoms with Crippen molar-refractivity contribution in [2.45, 2.75) is 63.4 Å². The van der Waals surface area contributed by atoms with E-state index in [1.54, 1.807) is 24.7 Å². The van der Waals surface area contributed by atoms with Gasteiger partial charge in [-0.1, -0.05) is 0 Å². The van der Waals surface area contributed by atoms with E-state index in [2.05, 4.69) is 19.9 Å². The van der Waals surface area contributed by atoms with Gasteiger partial charge in [-0.2, -0.15) is 4.98 Å². The molecule has 0 aliphatic carbocycles. The highest BCUT2D eigenvalue weighted by Gasteiger charge is 2.44. The van der Waals surface area contributed by atoms with Crippen LogP contribution in [-0.4, -0.2) is 39.4 Å². The number of ether oxygens (including phenoxy) is 3. The normalized spacial score (nSPS) is 34.0. The number of rotatable bonds is 4. The molecule has 132 valence electrons. The number of hydrogen-bond acceptors (Lipinski definition) is 8. The number of aromatic nitrogens is 3. The zero-order chi connectivity index (χ0) is 16.8. The molecule has 0 N–H and O–H groups in total. The molecule has 0 saturated carbocycles. The first-order chi connectivity index (χ1) is 12.3. The minimum Gasteiger partial charge on any atom is -0.460 e. The predicted octanol–water partition coefficient (Wildman–Crippen LogP) is 2.43. The second kappa shape index (κ2) is 5.96. The van der Waals surface area contributed by atoms with Crippen molar-refractivity contribution in [1.82, 2.24) is 15.0 Å². The molecular weight excluding hydrogens is 324 g/mol. The first-order valence-electron chi connectivity index (χ1n) is 8.74. The smallest absolute Gasteiger partial charge is 0.316 e. The number of hydrogen-bond donors (Lipinski definition) is 0. The van der Waals surface area contributed by atoms with Gasteiger partial charge in [0, 0.05) is 37.3 Å². The molecule has 3 atom stereocenters. The third kappa shape index (κ3) is 2.75. The maximum Gasteiger partial charge on any atom is 0.316 e. The van der Waals surface area contributed by atoms with Crippen molar-refractivity contribution < 1.29 is 18.6 Å². The molecule has 2 aromatic rings. The minimum absolute atomic E-state index is 0.129. The van der Waals surface area contributed by atoms with Crippen LogP contribution in [0.3, 0.4) is 0 Å². The van der Waals surface area contributed by atoms with Gasteiger partial charge in [0.15, 0.2) is 6.29 Å². The van der Waals surface area contributed by atoms with Crippen molar-refractivity contribution in [2.24, 2.45) is 0 Å². The van der Waals surface area contributed by atoms with E-state index in [9.17, 15) is 0 Å². The zero-order valence-corrected chi connectivity index (χ0v) is 13.9. The molecule has 5 heterocycles. The fourth-order valence-corrected chi connectivity index (χ4v) is 4.03. The Morgan fingerprint density at radius 2 is 1.84 bits per heavy atom. The maximum atomic E-state index is 5.96. The number of nitrogens with zero attached hydrogens (tertiary/aromatic N) is 4. The summed E-state index contributed by atoms with van der Waals surface area (Å²) in [6.45, 7) is 1.86. The quantitative estimate of drug-likeness (QED) is 0.836. The van der Waals surface area contributed by atoms with Crippen LogP contribution in [0.5, 0.6) is 6.01 Å². The second-order valence-corrected chi connectivity index (χ2v) is 6.76. The van der Waals surface area contributed by atoms with E-state index < -0.39 is 6.29 Å². The van der Waals surface area contributed by atoms with E-state index in [0.717, 1.165) is 25.7 Å². The average molecular weight is 344 g/mol. The lowest BCUT2D eigenvalue weighted by molar-refractivity contribution is -0.383. The molecule has 25 heavy (non-hydrogen) atoms. The van der Waals surface area contributed by atoms with Gasteiger partial charge in [-0.05, 0) is 25.8 Å². The van der Waals surface area contributed by atoms with E-state index in [4.69, 9.17) is 18.6 Å². The highest BCUT2D eigenvalue weighted by atomic mass is 16.9. The van der Waals surface area contributed by atoms with E-state index in [0.29, 0.717) is 29.8 Å². The Bertz CT molecular complexity index is 719. The molecule has 8 nitrogen and oxygen atoms in total. The summed E-state index contributed by atoms with van der Waals surface area (Å²) < 4.78 is 22.6. The molecule has 3 aliphatic rings. The van der Waals surface area contributed by atoms with Crippen LogP contribution in [0, 0.1) is 0 Å². The molecule has 8 heteroatoms. The number of oxazole rings is 1. The molecule has 2 bridgehead atoms. The van der Waals surface area contributed by atoms with Crippen molar-refractivity contribution in [1.29, 1.82) is 0 Å². The Balaban J connectivity index is 1.28. The molecular formula is C17H20N4O4. The Hall–Kier alpha value is -2.19. The van der Waals surface area contributed by atoms with Crippen molar-refractivity contribution in [2.75, 3.05) is 4.90 Å². The summed E-state index contributed by atoms with van der Waals surface area (Å²) in [5, 5.41) is 0.